The van der Waals surface area contributed by atoms with Crippen LogP contribution in [0.15, 0.2) is 41.8 Å². The van der Waals surface area contributed by atoms with E-state index in [1.165, 1.54) is 0 Å². The van der Waals surface area contributed by atoms with Crippen LogP contribution in [-0.4, -0.2) is 24.4 Å². The molecule has 0 unspecified atom stereocenters. The lowest BCUT2D eigenvalue weighted by atomic mass is 9.81. The van der Waals surface area contributed by atoms with Crippen molar-refractivity contribution in [2.24, 2.45) is 5.73 Å². The Bertz CT molecular complexity index is 1120. The number of nitriles is 1. The van der Waals surface area contributed by atoms with Gasteiger partial charge in [-0.3, -0.25) is 5.10 Å². The zero-order valence-electron chi connectivity index (χ0n) is 15.2. The van der Waals surface area contributed by atoms with E-state index in [1.54, 1.807) is 14.2 Å². The Morgan fingerprint density at radius 1 is 1.19 bits per heavy atom. The third-order valence-electron chi connectivity index (χ3n) is 4.87. The number of rotatable bonds is 3. The number of nitrogens with two attached hydrogens (primary N) is 1. The van der Waals surface area contributed by atoms with Crippen LogP contribution in [0.2, 0.25) is 0 Å². The lowest BCUT2D eigenvalue weighted by molar-refractivity contribution is 0.375. The van der Waals surface area contributed by atoms with Gasteiger partial charge in [0.15, 0.2) is 0 Å². The average Bonchev–Trinajstić information content (AvgIpc) is 3.05. The van der Waals surface area contributed by atoms with Crippen molar-refractivity contribution in [2.45, 2.75) is 12.8 Å². The molecule has 2 aromatic carbocycles. The Labute approximate surface area is 155 Å². The first kappa shape index (κ1) is 16.8. The lowest BCUT2D eigenvalue weighted by Crippen LogP contribution is -2.21. The van der Waals surface area contributed by atoms with Crippen LogP contribution in [0.3, 0.4) is 0 Å². The Morgan fingerprint density at radius 3 is 2.67 bits per heavy atom. The summed E-state index contributed by atoms with van der Waals surface area (Å²) in [5, 5.41) is 18.8. The van der Waals surface area contributed by atoms with Gasteiger partial charge in [-0.05, 0) is 35.9 Å². The molecule has 0 radical (unpaired) electrons. The first-order valence-corrected chi connectivity index (χ1v) is 8.36. The summed E-state index contributed by atoms with van der Waals surface area (Å²) in [7, 11) is 3.22. The molecule has 0 fully saturated rings. The minimum absolute atomic E-state index is 0.0449. The minimum atomic E-state index is -0.469. The van der Waals surface area contributed by atoms with Gasteiger partial charge in [0.05, 0.1) is 20.1 Å². The molecule has 7 heteroatoms. The van der Waals surface area contributed by atoms with E-state index < -0.39 is 5.92 Å². The molecule has 1 atom stereocenters. The quantitative estimate of drug-likeness (QED) is 0.741. The van der Waals surface area contributed by atoms with E-state index in [0.717, 1.165) is 27.6 Å². The monoisotopic (exact) mass is 362 g/mol. The Morgan fingerprint density at radius 2 is 1.96 bits per heavy atom. The topological polar surface area (TPSA) is 106 Å². The van der Waals surface area contributed by atoms with Gasteiger partial charge in [0.25, 0.3) is 0 Å². The van der Waals surface area contributed by atoms with Crippen LogP contribution in [0, 0.1) is 18.3 Å². The summed E-state index contributed by atoms with van der Waals surface area (Å²) in [4.78, 5) is 0. The molecular formula is C20H18N4O3. The fraction of sp³-hybridized carbons (Fsp3) is 0.200. The lowest BCUT2D eigenvalue weighted by Gasteiger charge is -2.26. The average molecular weight is 362 g/mol. The molecule has 0 spiro atoms. The highest BCUT2D eigenvalue weighted by Crippen LogP contribution is 2.48. The number of H-pyrrole nitrogens is 1. The fourth-order valence-corrected chi connectivity index (χ4v) is 3.59. The maximum Gasteiger partial charge on any atom is 0.244 e. The van der Waals surface area contributed by atoms with E-state index in [1.807, 2.05) is 37.3 Å². The van der Waals surface area contributed by atoms with Gasteiger partial charge in [0.2, 0.25) is 11.8 Å². The van der Waals surface area contributed by atoms with Crippen molar-refractivity contribution in [3.8, 4) is 23.4 Å². The fourth-order valence-electron chi connectivity index (χ4n) is 3.59. The number of aryl methyl sites for hydroxylation is 1. The van der Waals surface area contributed by atoms with E-state index >= 15 is 0 Å². The van der Waals surface area contributed by atoms with Crippen molar-refractivity contribution in [2.75, 3.05) is 14.2 Å². The van der Waals surface area contributed by atoms with E-state index in [-0.39, 0.29) is 5.88 Å². The number of methoxy groups -OCH3 is 2. The van der Waals surface area contributed by atoms with Crippen molar-refractivity contribution in [3.63, 3.8) is 0 Å². The third-order valence-corrected chi connectivity index (χ3v) is 4.87. The molecule has 27 heavy (non-hydrogen) atoms. The highest BCUT2D eigenvalue weighted by Gasteiger charge is 2.36. The van der Waals surface area contributed by atoms with Crippen LogP contribution in [-0.2, 0) is 0 Å². The van der Waals surface area contributed by atoms with E-state index in [9.17, 15) is 5.26 Å². The normalized spacial score (nSPS) is 15.9. The van der Waals surface area contributed by atoms with E-state index in [4.69, 9.17) is 19.9 Å². The summed E-state index contributed by atoms with van der Waals surface area (Å²) >= 11 is 0. The molecule has 0 saturated heterocycles. The molecule has 1 aromatic heterocycles. The van der Waals surface area contributed by atoms with Crippen LogP contribution < -0.4 is 19.9 Å². The second-order valence-electron chi connectivity index (χ2n) is 6.26. The molecule has 3 aromatic rings. The molecule has 1 aliphatic heterocycles. The van der Waals surface area contributed by atoms with Gasteiger partial charge >= 0.3 is 0 Å². The van der Waals surface area contributed by atoms with Crippen molar-refractivity contribution in [3.05, 3.63) is 58.6 Å². The smallest absolute Gasteiger partial charge is 0.244 e. The van der Waals surface area contributed by atoms with Crippen molar-refractivity contribution < 1.29 is 14.2 Å². The maximum absolute atomic E-state index is 9.82. The summed E-state index contributed by atoms with van der Waals surface area (Å²) in [6, 6.07) is 11.9. The molecule has 0 aliphatic carbocycles. The summed E-state index contributed by atoms with van der Waals surface area (Å²) in [5.74, 6) is 1.31. The van der Waals surface area contributed by atoms with Gasteiger partial charge < -0.3 is 19.9 Å². The molecule has 1 aliphatic rings. The molecule has 3 N–H and O–H groups in total. The summed E-state index contributed by atoms with van der Waals surface area (Å²) in [6.45, 7) is 1.89. The number of aromatic nitrogens is 2. The standard InChI is InChI=1S/C20H18N4O3/c1-10-16-18(14(9-21)19(22)27-20(16)24-23-10)17-13-8-12(25-2)6-4-11(13)5-7-15(17)26-3/h4-8,18H,22H2,1-3H3,(H,23,24)/t18-/m1/s1. The zero-order valence-corrected chi connectivity index (χ0v) is 15.2. The van der Waals surface area contributed by atoms with Crippen molar-refractivity contribution >= 4 is 10.8 Å². The summed E-state index contributed by atoms with van der Waals surface area (Å²) < 4.78 is 16.6. The SMILES string of the molecule is COc1ccc2ccc(OC)c([C@@H]3C(C#N)=C(N)Oc4n[nH]c(C)c43)c2c1. The van der Waals surface area contributed by atoms with Crippen LogP contribution in [0.5, 0.6) is 17.4 Å². The van der Waals surface area contributed by atoms with Crippen molar-refractivity contribution in [1.82, 2.24) is 10.2 Å². The Balaban J connectivity index is 2.11. The number of hydrogen-bond donors (Lipinski definition) is 2. The van der Waals surface area contributed by atoms with Gasteiger partial charge in [-0.25, -0.2) is 0 Å². The first-order chi connectivity index (χ1) is 13.1. The Kier molecular flexibility index (Phi) is 3.89. The van der Waals surface area contributed by atoms with Gasteiger partial charge in [-0.15, -0.1) is 5.10 Å². The van der Waals surface area contributed by atoms with E-state index in [0.29, 0.717) is 23.0 Å². The van der Waals surface area contributed by atoms with Crippen LogP contribution in [0.4, 0.5) is 0 Å². The Hall–Kier alpha value is -3.66. The number of aromatic amines is 1. The summed E-state index contributed by atoms with van der Waals surface area (Å²) in [6.07, 6.45) is 0. The number of nitrogens with zero attached hydrogens (tertiary/aromatic N) is 2. The number of allylic oxidation sites excluding steroid dienone is 1. The number of fused-ring (bicyclic) bond motifs is 2. The third kappa shape index (κ3) is 2.46. The van der Waals surface area contributed by atoms with Crippen LogP contribution >= 0.6 is 0 Å². The molecule has 7 nitrogen and oxygen atoms in total. The number of hydrogen-bond acceptors (Lipinski definition) is 6. The molecule has 0 bridgehead atoms. The minimum Gasteiger partial charge on any atom is -0.497 e. The molecule has 0 amide bonds. The van der Waals surface area contributed by atoms with Crippen LogP contribution in [0.1, 0.15) is 22.7 Å². The number of ether oxygens (including phenoxy) is 3. The van der Waals surface area contributed by atoms with E-state index in [2.05, 4.69) is 16.3 Å². The maximum atomic E-state index is 9.82. The molecular weight excluding hydrogens is 344 g/mol. The van der Waals surface area contributed by atoms with Gasteiger partial charge in [0, 0.05) is 16.8 Å². The number of benzene rings is 2. The highest BCUT2D eigenvalue weighted by atomic mass is 16.5. The van der Waals surface area contributed by atoms with Crippen molar-refractivity contribution in [1.29, 1.82) is 5.26 Å². The van der Waals surface area contributed by atoms with Gasteiger partial charge in [0.1, 0.15) is 23.1 Å². The molecule has 136 valence electrons. The van der Waals surface area contributed by atoms with Crippen LogP contribution in [0.25, 0.3) is 10.8 Å². The predicted molar refractivity (Wildman–Crippen MR) is 99.7 cm³/mol. The molecule has 4 rings (SSSR count). The summed E-state index contributed by atoms with van der Waals surface area (Å²) in [5.41, 5.74) is 8.77. The second kappa shape index (κ2) is 6.25. The highest BCUT2D eigenvalue weighted by molar-refractivity contribution is 5.91. The first-order valence-electron chi connectivity index (χ1n) is 8.36. The largest absolute Gasteiger partial charge is 0.497 e. The number of nitrogens with one attached hydrogen (secondary N) is 1. The predicted octanol–water partition coefficient (Wildman–Crippen LogP) is 3.11. The van der Waals surface area contributed by atoms with Gasteiger partial charge in [-0.1, -0.05) is 12.1 Å². The molecule has 2 heterocycles. The second-order valence-corrected chi connectivity index (χ2v) is 6.26. The molecule has 0 saturated carbocycles. The van der Waals surface area contributed by atoms with Gasteiger partial charge in [-0.2, -0.15) is 5.26 Å². The zero-order chi connectivity index (χ0) is 19.1.